The number of aromatic nitrogens is 2. The lowest BCUT2D eigenvalue weighted by molar-refractivity contribution is -0.126. The molecule has 1 saturated carbocycles. The first-order chi connectivity index (χ1) is 9.15. The van der Waals surface area contributed by atoms with E-state index >= 15 is 0 Å². The van der Waals surface area contributed by atoms with Gasteiger partial charge >= 0.3 is 6.03 Å². The van der Waals surface area contributed by atoms with Gasteiger partial charge in [0.25, 0.3) is 5.22 Å². The lowest BCUT2D eigenvalue weighted by atomic mass is 10.4. The second-order valence-electron chi connectivity index (χ2n) is 4.66. The minimum absolute atomic E-state index is 0.230. The fourth-order valence-electron chi connectivity index (χ4n) is 1.87. The first-order valence-corrected chi connectivity index (χ1v) is 7.12. The number of carbonyl (C=O) groups is 2. The number of hydrogen-bond donors (Lipinski definition) is 1. The maximum atomic E-state index is 12.1. The molecule has 2 aliphatic rings. The second-order valence-corrected chi connectivity index (χ2v) is 5.95. The third-order valence-electron chi connectivity index (χ3n) is 3.10. The maximum absolute atomic E-state index is 12.1. The largest absolute Gasteiger partial charge is 0.416 e. The van der Waals surface area contributed by atoms with E-state index in [0.29, 0.717) is 30.1 Å². The Kier molecular flexibility index (Phi) is 3.17. The molecule has 102 valence electrons. The number of amides is 3. The van der Waals surface area contributed by atoms with Gasteiger partial charge in [-0.1, -0.05) is 11.8 Å². The molecule has 1 aliphatic carbocycles. The van der Waals surface area contributed by atoms with E-state index in [4.69, 9.17) is 4.42 Å². The second kappa shape index (κ2) is 4.84. The van der Waals surface area contributed by atoms with Gasteiger partial charge in [-0.3, -0.25) is 9.69 Å². The third-order valence-corrected chi connectivity index (χ3v) is 4.02. The molecule has 1 aromatic heterocycles. The number of urea groups is 1. The quantitative estimate of drug-likeness (QED) is 0.828. The number of nitrogens with one attached hydrogen (secondary N) is 1. The van der Waals surface area contributed by atoms with E-state index in [-0.39, 0.29) is 11.9 Å². The predicted molar refractivity (Wildman–Crippen MR) is 66.7 cm³/mol. The molecule has 1 aliphatic heterocycles. The van der Waals surface area contributed by atoms with Crippen molar-refractivity contribution in [2.75, 3.05) is 13.1 Å². The van der Waals surface area contributed by atoms with E-state index in [0.717, 1.165) is 12.8 Å². The highest BCUT2D eigenvalue weighted by atomic mass is 32.2. The third kappa shape index (κ3) is 2.58. The average molecular weight is 282 g/mol. The summed E-state index contributed by atoms with van der Waals surface area (Å²) in [4.78, 5) is 24.7. The van der Waals surface area contributed by atoms with Crippen molar-refractivity contribution < 1.29 is 14.0 Å². The van der Waals surface area contributed by atoms with Crippen LogP contribution in [0.3, 0.4) is 0 Å². The first kappa shape index (κ1) is 12.5. The van der Waals surface area contributed by atoms with Crippen molar-refractivity contribution in [2.24, 2.45) is 0 Å². The van der Waals surface area contributed by atoms with Crippen LogP contribution >= 0.6 is 11.8 Å². The summed E-state index contributed by atoms with van der Waals surface area (Å²) in [6, 6.07) is -0.332. The van der Waals surface area contributed by atoms with Crippen molar-refractivity contribution in [1.82, 2.24) is 20.4 Å². The Balaban J connectivity index is 1.61. The van der Waals surface area contributed by atoms with Crippen molar-refractivity contribution >= 4 is 23.7 Å². The van der Waals surface area contributed by atoms with Gasteiger partial charge in [0.2, 0.25) is 11.8 Å². The van der Waals surface area contributed by atoms with E-state index in [1.807, 2.05) is 0 Å². The summed E-state index contributed by atoms with van der Waals surface area (Å²) in [6.07, 6.45) is 2.18. The molecule has 8 heteroatoms. The van der Waals surface area contributed by atoms with Crippen LogP contribution in [0.15, 0.2) is 9.64 Å². The number of rotatable bonds is 4. The van der Waals surface area contributed by atoms with Crippen LogP contribution in [0.2, 0.25) is 0 Å². The standard InChI is InChI=1S/C11H14N4O3S/c1-6(9(16)15-5-4-12-10(15)17)19-11-14-13-8(18-11)7-2-3-7/h6-7H,2-5H2,1H3,(H,12,17)/t6-/m0/s1. The maximum Gasteiger partial charge on any atom is 0.324 e. The van der Waals surface area contributed by atoms with E-state index in [1.165, 1.54) is 16.7 Å². The van der Waals surface area contributed by atoms with Gasteiger partial charge in [0, 0.05) is 19.0 Å². The molecule has 19 heavy (non-hydrogen) atoms. The van der Waals surface area contributed by atoms with Crippen molar-refractivity contribution in [3.8, 4) is 0 Å². The van der Waals surface area contributed by atoms with Gasteiger partial charge in [0.15, 0.2) is 0 Å². The molecule has 0 bridgehead atoms. The predicted octanol–water partition coefficient (Wildman–Crippen LogP) is 0.979. The summed E-state index contributed by atoms with van der Waals surface area (Å²) in [5.74, 6) is 0.824. The Morgan fingerprint density at radius 3 is 2.95 bits per heavy atom. The summed E-state index contributed by atoms with van der Waals surface area (Å²) < 4.78 is 5.49. The van der Waals surface area contributed by atoms with Crippen molar-refractivity contribution in [1.29, 1.82) is 0 Å². The minimum atomic E-state index is -0.420. The smallest absolute Gasteiger partial charge is 0.324 e. The first-order valence-electron chi connectivity index (χ1n) is 6.24. The highest BCUT2D eigenvalue weighted by molar-refractivity contribution is 8.00. The molecule has 7 nitrogen and oxygen atoms in total. The molecular weight excluding hydrogens is 268 g/mol. The molecule has 1 saturated heterocycles. The van der Waals surface area contributed by atoms with Crippen LogP contribution < -0.4 is 5.32 Å². The Morgan fingerprint density at radius 2 is 2.32 bits per heavy atom. The SMILES string of the molecule is C[C@H](Sc1nnc(C2CC2)o1)C(=O)N1CCNC1=O. The Labute approximate surface area is 114 Å². The molecule has 0 unspecified atom stereocenters. The van der Waals surface area contributed by atoms with Gasteiger partial charge in [0.05, 0.1) is 5.25 Å². The zero-order chi connectivity index (χ0) is 13.4. The molecular formula is C11H14N4O3S. The molecule has 0 spiro atoms. The number of thioether (sulfide) groups is 1. The Morgan fingerprint density at radius 1 is 1.53 bits per heavy atom. The van der Waals surface area contributed by atoms with Crippen LogP contribution in [0.4, 0.5) is 4.79 Å². The lowest BCUT2D eigenvalue weighted by Crippen LogP contribution is -2.38. The molecule has 2 heterocycles. The Hall–Kier alpha value is -1.57. The molecule has 0 aromatic carbocycles. The number of hydrogen-bond acceptors (Lipinski definition) is 6. The highest BCUT2D eigenvalue weighted by Crippen LogP contribution is 2.40. The van der Waals surface area contributed by atoms with Gasteiger partial charge in [-0.15, -0.1) is 10.2 Å². The average Bonchev–Trinajstić information content (AvgIpc) is 3.00. The molecule has 3 rings (SSSR count). The summed E-state index contributed by atoms with van der Waals surface area (Å²) in [7, 11) is 0. The zero-order valence-electron chi connectivity index (χ0n) is 10.5. The lowest BCUT2D eigenvalue weighted by Gasteiger charge is -2.15. The number of nitrogens with zero attached hydrogens (tertiary/aromatic N) is 3. The van der Waals surface area contributed by atoms with Crippen molar-refractivity contribution in [2.45, 2.75) is 36.2 Å². The summed E-state index contributed by atoms with van der Waals surface area (Å²) in [6.45, 7) is 2.66. The van der Waals surface area contributed by atoms with Crippen molar-refractivity contribution in [3.63, 3.8) is 0 Å². The topological polar surface area (TPSA) is 88.3 Å². The molecule has 1 aromatic rings. The molecule has 0 radical (unpaired) electrons. The van der Waals surface area contributed by atoms with E-state index in [2.05, 4.69) is 15.5 Å². The highest BCUT2D eigenvalue weighted by Gasteiger charge is 2.32. The zero-order valence-corrected chi connectivity index (χ0v) is 11.3. The van der Waals surface area contributed by atoms with Gasteiger partial charge in [-0.25, -0.2) is 4.79 Å². The van der Waals surface area contributed by atoms with Crippen LogP contribution in [-0.2, 0) is 4.79 Å². The normalized spacial score (nSPS) is 20.5. The molecule has 1 atom stereocenters. The monoisotopic (exact) mass is 282 g/mol. The van der Waals surface area contributed by atoms with Crippen LogP contribution in [0, 0.1) is 0 Å². The fourth-order valence-corrected chi connectivity index (χ4v) is 2.62. The summed E-state index contributed by atoms with van der Waals surface area (Å²) in [5.41, 5.74) is 0. The van der Waals surface area contributed by atoms with E-state index < -0.39 is 5.25 Å². The van der Waals surface area contributed by atoms with E-state index in [1.54, 1.807) is 6.92 Å². The number of imide groups is 1. The molecule has 2 fully saturated rings. The molecule has 1 N–H and O–H groups in total. The van der Waals surface area contributed by atoms with Crippen LogP contribution in [0.25, 0.3) is 0 Å². The minimum Gasteiger partial charge on any atom is -0.416 e. The van der Waals surface area contributed by atoms with E-state index in [9.17, 15) is 9.59 Å². The van der Waals surface area contributed by atoms with Gasteiger partial charge in [0.1, 0.15) is 0 Å². The van der Waals surface area contributed by atoms with Crippen molar-refractivity contribution in [3.05, 3.63) is 5.89 Å². The molecule has 3 amide bonds. The fraction of sp³-hybridized carbons (Fsp3) is 0.636. The van der Waals surface area contributed by atoms with Crippen LogP contribution in [0.1, 0.15) is 31.6 Å². The summed E-state index contributed by atoms with van der Waals surface area (Å²) in [5, 5.41) is 10.5. The van der Waals surface area contributed by atoms with Gasteiger partial charge < -0.3 is 9.73 Å². The summed E-state index contributed by atoms with van der Waals surface area (Å²) >= 11 is 1.20. The van der Waals surface area contributed by atoms with Crippen LogP contribution in [0.5, 0.6) is 0 Å². The van der Waals surface area contributed by atoms with Gasteiger partial charge in [-0.2, -0.15) is 0 Å². The van der Waals surface area contributed by atoms with Crippen LogP contribution in [-0.4, -0.2) is 45.4 Å². The van der Waals surface area contributed by atoms with Gasteiger partial charge in [-0.05, 0) is 19.8 Å². The number of carbonyl (C=O) groups excluding carboxylic acids is 2. The Bertz CT molecular complexity index is 514.